The number of nitrogens with zero attached hydrogens (tertiary/aromatic N) is 4. The van der Waals surface area contributed by atoms with Crippen molar-refractivity contribution in [1.82, 2.24) is 19.6 Å². The Morgan fingerprint density at radius 1 is 0.800 bits per heavy atom. The van der Waals surface area contributed by atoms with Crippen LogP contribution in [0, 0.1) is 12.7 Å². The van der Waals surface area contributed by atoms with Gasteiger partial charge in [0.1, 0.15) is 6.04 Å². The van der Waals surface area contributed by atoms with E-state index in [-0.39, 0.29) is 6.54 Å². The van der Waals surface area contributed by atoms with E-state index in [1.54, 1.807) is 0 Å². The lowest BCUT2D eigenvalue weighted by Crippen LogP contribution is -2.96. The van der Waals surface area contributed by atoms with Gasteiger partial charge in [-0.2, -0.15) is 14.2 Å². The number of hydrogen-bond acceptors (Lipinski definition) is 20. The van der Waals surface area contributed by atoms with E-state index < -0.39 is 115 Å². The highest BCUT2D eigenvalue weighted by atomic mass is 19.1. The van der Waals surface area contributed by atoms with E-state index in [0.29, 0.717) is 11.8 Å². The number of amides is 2. The minimum Gasteiger partial charge on any atom is -0.505 e. The number of likely N-dealkylation sites (tertiary alicyclic amines) is 1. The molecule has 0 bridgehead atoms. The van der Waals surface area contributed by atoms with Crippen molar-refractivity contribution < 1.29 is 96.0 Å². The second-order valence-electron chi connectivity index (χ2n) is 10.6. The molecule has 2 saturated heterocycles. The second-order valence-corrected chi connectivity index (χ2v) is 10.6. The molecule has 3 rings (SSSR count). The summed E-state index contributed by atoms with van der Waals surface area (Å²) in [5.41, 5.74) is -7.51. The molecule has 0 saturated carbocycles. The molecule has 2 aliphatic heterocycles. The van der Waals surface area contributed by atoms with Gasteiger partial charge in [-0.25, -0.2) is 4.79 Å². The van der Waals surface area contributed by atoms with Crippen molar-refractivity contribution in [2.24, 2.45) is 0 Å². The predicted octanol–water partition coefficient (Wildman–Crippen LogP) is -7.98. The van der Waals surface area contributed by atoms with Crippen LogP contribution >= 0.6 is 0 Å². The third-order valence-electron chi connectivity index (χ3n) is 8.13. The Kier molecular flexibility index (Phi) is 8.42. The lowest BCUT2D eigenvalue weighted by Gasteiger charge is -2.67. The van der Waals surface area contributed by atoms with Gasteiger partial charge < -0.3 is 91.7 Å². The summed E-state index contributed by atoms with van der Waals surface area (Å²) in [5, 5.41) is 185. The minimum atomic E-state index is -5.05. The average Bonchev–Trinajstić information content (AvgIpc) is 2.91. The zero-order valence-electron chi connectivity index (χ0n) is 23.7. The maximum Gasteiger partial charge on any atom is 0.324 e. The number of rotatable bonds is 4. The predicted molar refractivity (Wildman–Crippen MR) is 133 cm³/mol. The molecular weight excluding hydrogens is 627 g/mol. The van der Waals surface area contributed by atoms with Crippen molar-refractivity contribution >= 4 is 6.03 Å². The van der Waals surface area contributed by atoms with E-state index in [1.165, 1.54) is 6.92 Å². The van der Waals surface area contributed by atoms with E-state index in [2.05, 4.69) is 0 Å². The van der Waals surface area contributed by atoms with Gasteiger partial charge in [0.2, 0.25) is 23.1 Å². The molecule has 0 aliphatic carbocycles. The van der Waals surface area contributed by atoms with Crippen LogP contribution in [-0.4, -0.2) is 180 Å². The summed E-state index contributed by atoms with van der Waals surface area (Å²) in [6.45, 7) is 1.19. The van der Waals surface area contributed by atoms with Crippen molar-refractivity contribution in [3.05, 3.63) is 16.9 Å². The smallest absolute Gasteiger partial charge is 0.324 e. The van der Waals surface area contributed by atoms with Gasteiger partial charge in [0.15, 0.2) is 23.5 Å². The van der Waals surface area contributed by atoms with E-state index in [0.717, 1.165) is 14.0 Å². The fourth-order valence-corrected chi connectivity index (χ4v) is 5.55. The number of aliphatic hydroxyl groups excluding tert-OH is 1. The first-order valence-electron chi connectivity index (χ1n) is 12.7. The molecule has 2 heterocycles. The van der Waals surface area contributed by atoms with Crippen LogP contribution in [0.5, 0.6) is 17.2 Å². The summed E-state index contributed by atoms with van der Waals surface area (Å²) in [5.74, 6) is -36.5. The number of halogens is 1. The molecule has 1 aromatic rings. The van der Waals surface area contributed by atoms with Crippen LogP contribution < -0.4 is 0 Å². The Morgan fingerprint density at radius 3 is 1.64 bits per heavy atom. The van der Waals surface area contributed by atoms with Gasteiger partial charge in [-0.1, -0.05) is 6.92 Å². The number of urea groups is 1. The summed E-state index contributed by atoms with van der Waals surface area (Å²) in [6.07, 6.45) is -3.62. The third-order valence-corrected chi connectivity index (χ3v) is 8.13. The summed E-state index contributed by atoms with van der Waals surface area (Å²) >= 11 is 0. The molecule has 0 aromatic heterocycles. The lowest BCUT2D eigenvalue weighted by atomic mass is 9.74. The maximum absolute atomic E-state index is 14.4. The average molecular weight is 663 g/mol. The number of benzene rings is 1. The molecule has 17 N–H and O–H groups in total. The second kappa shape index (κ2) is 10.3. The van der Waals surface area contributed by atoms with Gasteiger partial charge in [0, 0.05) is 25.7 Å². The normalized spacial score (nSPS) is 30.2. The van der Waals surface area contributed by atoms with Gasteiger partial charge >= 0.3 is 29.7 Å². The highest BCUT2D eigenvalue weighted by Gasteiger charge is 2.85. The Morgan fingerprint density at radius 2 is 1.24 bits per heavy atom. The number of aliphatic hydroxyl groups is 14. The molecular formula is C22H35FN4O18. The van der Waals surface area contributed by atoms with Crippen molar-refractivity contribution in [2.75, 3.05) is 20.1 Å². The number of piperazine rings is 1. The topological polar surface area (TPSA) is 374 Å². The van der Waals surface area contributed by atoms with Crippen molar-refractivity contribution in [1.29, 1.82) is 0 Å². The maximum atomic E-state index is 14.4. The Balaban J connectivity index is 2.61. The quantitative estimate of drug-likeness (QED) is 0.0808. The first-order valence-corrected chi connectivity index (χ1v) is 12.7. The summed E-state index contributed by atoms with van der Waals surface area (Å²) in [6, 6.07) is -5.98. The fourth-order valence-electron chi connectivity index (χ4n) is 5.55. The Bertz CT molecular complexity index is 1310. The Hall–Kier alpha value is -2.82. The van der Waals surface area contributed by atoms with Crippen LogP contribution in [-0.2, 0) is 5.72 Å². The molecule has 0 spiro atoms. The third kappa shape index (κ3) is 4.23. The number of carbonyl (C=O) groups is 1. The number of hydrogen-bond donors (Lipinski definition) is 17. The van der Waals surface area contributed by atoms with Gasteiger partial charge in [-0.3, -0.25) is 4.90 Å². The first-order chi connectivity index (χ1) is 20.0. The van der Waals surface area contributed by atoms with Crippen LogP contribution in [0.3, 0.4) is 0 Å². The molecule has 23 heteroatoms. The Labute approximate surface area is 250 Å². The molecule has 45 heavy (non-hydrogen) atoms. The zero-order chi connectivity index (χ0) is 35.4. The highest BCUT2D eigenvalue weighted by Crippen LogP contribution is 2.58. The monoisotopic (exact) mass is 662 g/mol. The van der Waals surface area contributed by atoms with E-state index in [4.69, 9.17) is 0 Å². The van der Waals surface area contributed by atoms with Crippen LogP contribution in [0.1, 0.15) is 25.0 Å². The molecule has 2 aliphatic rings. The lowest BCUT2D eigenvalue weighted by molar-refractivity contribution is -0.628. The van der Waals surface area contributed by atoms with Crippen LogP contribution in [0.15, 0.2) is 0 Å². The van der Waals surface area contributed by atoms with Crippen molar-refractivity contribution in [2.45, 2.75) is 74.0 Å². The molecule has 2 amide bonds. The van der Waals surface area contributed by atoms with Crippen LogP contribution in [0.2, 0.25) is 0 Å². The molecule has 0 radical (unpaired) electrons. The number of likely N-dealkylation sites (N-methyl/N-ethyl adjacent to an activating group) is 1. The number of carbonyl (C=O) groups excluding carboxylic acids is 1. The summed E-state index contributed by atoms with van der Waals surface area (Å²) in [7, 11) is 0.904. The zero-order valence-corrected chi connectivity index (χ0v) is 23.7. The van der Waals surface area contributed by atoms with Crippen LogP contribution in [0.25, 0.3) is 0 Å². The molecule has 2 fully saturated rings. The summed E-state index contributed by atoms with van der Waals surface area (Å²) in [4.78, 5) is 11.2. The fraction of sp³-hybridized carbons (Fsp3) is 0.682. The number of phenolic OH excluding ortho intramolecular Hbond substituents is 3. The van der Waals surface area contributed by atoms with Crippen molar-refractivity contribution in [3.8, 4) is 17.2 Å². The largest absolute Gasteiger partial charge is 0.505 e. The SMILES string of the molecule is CCN(C)C(=O)N1C(O)C(O)(O)C(N2C(O)(O)C(O)(O)N(CC)C(O)(O)C2(O)O)C(O)(O)C1(O)c1c(C)c(O)c(F)c(O)c1O. The van der Waals surface area contributed by atoms with Gasteiger partial charge in [-0.15, -0.1) is 0 Å². The number of piperidine rings is 1. The number of aromatic hydroxyl groups is 3. The van der Waals surface area contributed by atoms with Gasteiger partial charge in [0.25, 0.3) is 0 Å². The molecule has 3 atom stereocenters. The standard InChI is InChI=1S/C22H35FN4O18/c1-5-24(4)15(32)26-14(31)16(33,34)13(27-21(42,43)19(38,39)25(6-2)20(40,41)22(27,44)45)18(36,37)17(26,35)8-7(3)10(28)9(23)12(30)11(8)29/h13-14,28-31,33-45H,5-6H2,1-4H3. The van der Waals surface area contributed by atoms with Gasteiger partial charge in [-0.05, 0) is 13.8 Å². The highest BCUT2D eigenvalue weighted by molar-refractivity contribution is 5.77. The number of phenols is 3. The van der Waals surface area contributed by atoms with E-state index in [1.807, 2.05) is 0 Å². The molecule has 258 valence electrons. The molecule has 1 aromatic carbocycles. The van der Waals surface area contributed by atoms with Crippen molar-refractivity contribution in [3.63, 3.8) is 0 Å². The molecule has 3 unspecified atom stereocenters. The summed E-state index contributed by atoms with van der Waals surface area (Å²) < 4.78 is 14.4. The van der Waals surface area contributed by atoms with E-state index in [9.17, 15) is 96.0 Å². The minimum absolute atomic E-state index is 0.388. The first kappa shape index (κ1) is 36.6. The van der Waals surface area contributed by atoms with Gasteiger partial charge in [0.05, 0.1) is 5.56 Å². The van der Waals surface area contributed by atoms with Crippen LogP contribution in [0.4, 0.5) is 9.18 Å². The molecule has 22 nitrogen and oxygen atoms in total. The van der Waals surface area contributed by atoms with E-state index >= 15 is 0 Å².